The maximum atomic E-state index is 10.7. The van der Waals surface area contributed by atoms with Crippen LogP contribution in [0.1, 0.15) is 26.2 Å². The number of primary amides is 1. The van der Waals surface area contributed by atoms with Crippen molar-refractivity contribution in [3.63, 3.8) is 0 Å². The largest absolute Gasteiger partial charge is 0.370 e. The minimum absolute atomic E-state index is 0.299. The lowest BCUT2D eigenvalue weighted by Gasteiger charge is -2.36. The quantitative estimate of drug-likeness (QED) is 0.515. The molecular weight excluding hydrogens is 154 g/mol. The van der Waals surface area contributed by atoms with Crippen LogP contribution in [0.25, 0.3) is 0 Å². The highest BCUT2D eigenvalue weighted by atomic mass is 16.1. The Morgan fingerprint density at radius 2 is 2.42 bits per heavy atom. The third-order valence-corrected chi connectivity index (χ3v) is 2.35. The minimum Gasteiger partial charge on any atom is -0.370 e. The molecule has 0 aliphatic carbocycles. The summed E-state index contributed by atoms with van der Waals surface area (Å²) < 4.78 is 0. The molecule has 12 heavy (non-hydrogen) atoms. The molecule has 1 heterocycles. The van der Waals surface area contributed by atoms with E-state index in [9.17, 15) is 4.79 Å². The number of carbonyl (C=O) groups excluding carboxylic acids is 1. The Morgan fingerprint density at radius 1 is 1.75 bits per heavy atom. The highest BCUT2D eigenvalue weighted by Crippen LogP contribution is 2.21. The van der Waals surface area contributed by atoms with E-state index in [0.717, 1.165) is 19.4 Å². The summed E-state index contributed by atoms with van der Waals surface area (Å²) >= 11 is 0. The fourth-order valence-corrected chi connectivity index (χ4v) is 1.86. The third kappa shape index (κ3) is 2.46. The van der Waals surface area contributed by atoms with Crippen molar-refractivity contribution in [2.45, 2.75) is 37.8 Å². The molecule has 0 aromatic carbocycles. The maximum absolute atomic E-state index is 10.7. The first-order valence-electron chi connectivity index (χ1n) is 4.32. The van der Waals surface area contributed by atoms with Gasteiger partial charge in [-0.2, -0.15) is 0 Å². The lowest BCUT2D eigenvalue weighted by molar-refractivity contribution is -0.119. The number of rotatable bonds is 2. The van der Waals surface area contributed by atoms with E-state index >= 15 is 0 Å². The lowest BCUT2D eigenvalue weighted by Crippen LogP contribution is -2.54. The highest BCUT2D eigenvalue weighted by Gasteiger charge is 2.31. The second-order valence-electron chi connectivity index (χ2n) is 3.81. The molecule has 0 bridgehead atoms. The predicted octanol–water partition coefficient (Wildman–Crippen LogP) is -0.669. The molecule has 0 spiro atoms. The molecule has 1 fully saturated rings. The van der Waals surface area contributed by atoms with Gasteiger partial charge in [-0.15, -0.1) is 0 Å². The Bertz CT molecular complexity index is 183. The monoisotopic (exact) mass is 171 g/mol. The van der Waals surface area contributed by atoms with Gasteiger partial charge in [0.15, 0.2) is 0 Å². The fraction of sp³-hybridized carbons (Fsp3) is 0.875. The summed E-state index contributed by atoms with van der Waals surface area (Å²) in [5.74, 6) is -0.299. The molecule has 1 saturated heterocycles. The van der Waals surface area contributed by atoms with Gasteiger partial charge in [0.2, 0.25) is 5.91 Å². The van der Waals surface area contributed by atoms with Gasteiger partial charge in [-0.25, -0.2) is 0 Å². The molecule has 0 radical (unpaired) electrons. The maximum Gasteiger partial charge on any atom is 0.219 e. The summed E-state index contributed by atoms with van der Waals surface area (Å²) in [7, 11) is 0. The van der Waals surface area contributed by atoms with Crippen molar-refractivity contribution < 1.29 is 4.79 Å². The zero-order chi connectivity index (χ0) is 9.19. The summed E-state index contributed by atoms with van der Waals surface area (Å²) in [4.78, 5) is 10.7. The highest BCUT2D eigenvalue weighted by molar-refractivity contribution is 5.75. The minimum atomic E-state index is -0.365. The molecule has 0 aromatic rings. The third-order valence-electron chi connectivity index (χ3n) is 2.35. The number of hydrogen-bond acceptors (Lipinski definition) is 3. The van der Waals surface area contributed by atoms with Crippen LogP contribution in [0.4, 0.5) is 0 Å². The van der Waals surface area contributed by atoms with Gasteiger partial charge in [0.05, 0.1) is 0 Å². The van der Waals surface area contributed by atoms with Crippen molar-refractivity contribution >= 4 is 5.91 Å². The molecule has 1 aliphatic heterocycles. The van der Waals surface area contributed by atoms with Gasteiger partial charge in [0, 0.05) is 18.0 Å². The van der Waals surface area contributed by atoms with Crippen LogP contribution in [0, 0.1) is 0 Å². The van der Waals surface area contributed by atoms with Crippen molar-refractivity contribution in [3.05, 3.63) is 0 Å². The number of carbonyl (C=O) groups is 1. The van der Waals surface area contributed by atoms with E-state index in [1.54, 1.807) is 0 Å². The van der Waals surface area contributed by atoms with E-state index in [1.807, 2.05) is 0 Å². The number of amides is 1. The van der Waals surface area contributed by atoms with Gasteiger partial charge < -0.3 is 16.8 Å². The number of piperidine rings is 1. The van der Waals surface area contributed by atoms with Gasteiger partial charge in [-0.05, 0) is 26.3 Å². The summed E-state index contributed by atoms with van der Waals surface area (Å²) in [6, 6.07) is 0.392. The molecule has 1 rings (SSSR count). The topological polar surface area (TPSA) is 81.1 Å². The van der Waals surface area contributed by atoms with Crippen LogP contribution in [0.15, 0.2) is 0 Å². The summed E-state index contributed by atoms with van der Waals surface area (Å²) in [6.45, 7) is 2.95. The predicted molar refractivity (Wildman–Crippen MR) is 47.4 cm³/mol. The molecule has 1 amide bonds. The van der Waals surface area contributed by atoms with E-state index in [4.69, 9.17) is 11.5 Å². The fourth-order valence-electron chi connectivity index (χ4n) is 1.86. The van der Waals surface area contributed by atoms with Gasteiger partial charge in [0.1, 0.15) is 0 Å². The molecule has 5 N–H and O–H groups in total. The van der Waals surface area contributed by atoms with Gasteiger partial charge in [-0.1, -0.05) is 0 Å². The van der Waals surface area contributed by atoms with Crippen LogP contribution in [-0.4, -0.2) is 24.0 Å². The van der Waals surface area contributed by atoms with Crippen molar-refractivity contribution in [2.75, 3.05) is 6.54 Å². The zero-order valence-electron chi connectivity index (χ0n) is 7.47. The van der Waals surface area contributed by atoms with Crippen LogP contribution >= 0.6 is 0 Å². The van der Waals surface area contributed by atoms with Crippen LogP contribution in [0.2, 0.25) is 0 Å². The molecule has 70 valence electrons. The van der Waals surface area contributed by atoms with E-state index in [-0.39, 0.29) is 11.4 Å². The van der Waals surface area contributed by atoms with E-state index in [1.165, 1.54) is 0 Å². The molecule has 2 unspecified atom stereocenters. The van der Waals surface area contributed by atoms with Crippen LogP contribution in [0.5, 0.6) is 0 Å². The Labute approximate surface area is 72.7 Å². The van der Waals surface area contributed by atoms with Gasteiger partial charge >= 0.3 is 0 Å². The molecule has 1 aliphatic rings. The summed E-state index contributed by atoms with van der Waals surface area (Å²) in [5.41, 5.74) is 10.8. The average molecular weight is 171 g/mol. The molecule has 0 aromatic heterocycles. The molecule has 4 nitrogen and oxygen atoms in total. The number of hydrogen-bond donors (Lipinski definition) is 3. The van der Waals surface area contributed by atoms with Crippen LogP contribution in [0.3, 0.4) is 0 Å². The van der Waals surface area contributed by atoms with Gasteiger partial charge in [0.25, 0.3) is 0 Å². The van der Waals surface area contributed by atoms with Crippen LogP contribution in [-0.2, 0) is 4.79 Å². The second-order valence-corrected chi connectivity index (χ2v) is 3.81. The Kier molecular flexibility index (Phi) is 2.69. The van der Waals surface area contributed by atoms with Crippen molar-refractivity contribution in [1.29, 1.82) is 0 Å². The van der Waals surface area contributed by atoms with Crippen molar-refractivity contribution in [2.24, 2.45) is 11.5 Å². The SMILES string of the molecule is CC1CC(N)(CC(N)=O)CCN1. The van der Waals surface area contributed by atoms with Crippen molar-refractivity contribution in [1.82, 2.24) is 5.32 Å². The molecule has 2 atom stereocenters. The standard InChI is InChI=1S/C8H17N3O/c1-6-4-8(10,2-3-11-6)5-7(9)12/h6,11H,2-5,10H2,1H3,(H2,9,12). The van der Waals surface area contributed by atoms with Gasteiger partial charge in [-0.3, -0.25) is 4.79 Å². The Balaban J connectivity index is 2.51. The first kappa shape index (κ1) is 9.48. The Hall–Kier alpha value is -0.610. The second kappa shape index (κ2) is 3.41. The number of nitrogens with one attached hydrogen (secondary N) is 1. The first-order valence-corrected chi connectivity index (χ1v) is 4.32. The molecule has 4 heteroatoms. The summed E-state index contributed by atoms with van der Waals surface area (Å²) in [5, 5.41) is 3.28. The van der Waals surface area contributed by atoms with Crippen molar-refractivity contribution in [3.8, 4) is 0 Å². The van der Waals surface area contributed by atoms with E-state index < -0.39 is 0 Å². The van der Waals surface area contributed by atoms with E-state index in [2.05, 4.69) is 12.2 Å². The summed E-state index contributed by atoms with van der Waals surface area (Å²) in [6.07, 6.45) is 1.97. The normalized spacial score (nSPS) is 36.3. The van der Waals surface area contributed by atoms with Crippen LogP contribution < -0.4 is 16.8 Å². The zero-order valence-corrected chi connectivity index (χ0v) is 7.47. The molecular formula is C8H17N3O. The Morgan fingerprint density at radius 3 is 2.92 bits per heavy atom. The average Bonchev–Trinajstić information content (AvgIpc) is 1.82. The number of nitrogens with two attached hydrogens (primary N) is 2. The smallest absolute Gasteiger partial charge is 0.219 e. The van der Waals surface area contributed by atoms with E-state index in [0.29, 0.717) is 12.5 Å². The first-order chi connectivity index (χ1) is 5.52. The molecule has 0 saturated carbocycles. The lowest BCUT2D eigenvalue weighted by atomic mass is 9.83.